The van der Waals surface area contributed by atoms with Crippen LogP contribution in [-0.2, 0) is 18.9 Å². The summed E-state index contributed by atoms with van der Waals surface area (Å²) in [7, 11) is 2.76. The van der Waals surface area contributed by atoms with Crippen molar-refractivity contribution in [1.29, 1.82) is 5.26 Å². The Morgan fingerprint density at radius 2 is 2.06 bits per heavy atom. The molecule has 0 spiro atoms. The van der Waals surface area contributed by atoms with Gasteiger partial charge in [0.25, 0.3) is 5.56 Å². The molecule has 0 saturated carbocycles. The summed E-state index contributed by atoms with van der Waals surface area (Å²) < 4.78 is 2.04. The molecule has 84 valence electrons. The van der Waals surface area contributed by atoms with Crippen LogP contribution in [0.15, 0.2) is 15.7 Å². The highest BCUT2D eigenvalue weighted by Crippen LogP contribution is 1.98. The van der Waals surface area contributed by atoms with Gasteiger partial charge in [0.15, 0.2) is 0 Å². The maximum Gasteiger partial charge on any atom is 0.332 e. The smallest absolute Gasteiger partial charge is 0.311 e. The van der Waals surface area contributed by atoms with E-state index in [0.29, 0.717) is 0 Å². The summed E-state index contributed by atoms with van der Waals surface area (Å²) in [5.74, 6) is -0.487. The van der Waals surface area contributed by atoms with Crippen molar-refractivity contribution >= 4 is 11.7 Å². The van der Waals surface area contributed by atoms with Crippen LogP contribution in [0.3, 0.4) is 0 Å². The van der Waals surface area contributed by atoms with Gasteiger partial charge in [0.1, 0.15) is 12.2 Å². The highest BCUT2D eigenvalue weighted by molar-refractivity contribution is 5.91. The minimum Gasteiger partial charge on any atom is -0.311 e. The van der Waals surface area contributed by atoms with Crippen LogP contribution in [0.25, 0.3) is 0 Å². The van der Waals surface area contributed by atoms with E-state index in [0.717, 1.165) is 15.2 Å². The van der Waals surface area contributed by atoms with Gasteiger partial charge in [-0.05, 0) is 0 Å². The minimum atomic E-state index is -0.564. The number of amides is 1. The van der Waals surface area contributed by atoms with Gasteiger partial charge in [-0.3, -0.25) is 18.7 Å². The van der Waals surface area contributed by atoms with Crippen LogP contribution in [0, 0.1) is 11.3 Å². The first-order valence-electron chi connectivity index (χ1n) is 4.41. The third-order valence-electron chi connectivity index (χ3n) is 2.03. The Kier molecular flexibility index (Phi) is 3.25. The first-order chi connectivity index (χ1) is 7.47. The zero-order valence-electron chi connectivity index (χ0n) is 8.85. The quantitative estimate of drug-likeness (QED) is 0.689. The first-order valence-corrected chi connectivity index (χ1v) is 4.41. The third kappa shape index (κ3) is 2.17. The zero-order chi connectivity index (χ0) is 12.3. The molecule has 0 aromatic carbocycles. The third-order valence-corrected chi connectivity index (χ3v) is 2.03. The summed E-state index contributed by atoms with van der Waals surface area (Å²) in [5.41, 5.74) is -1.06. The van der Waals surface area contributed by atoms with Crippen LogP contribution in [0.1, 0.15) is 6.42 Å². The zero-order valence-corrected chi connectivity index (χ0v) is 8.85. The molecule has 0 aliphatic heterocycles. The average molecular weight is 222 g/mol. The van der Waals surface area contributed by atoms with E-state index >= 15 is 0 Å². The summed E-state index contributed by atoms with van der Waals surface area (Å²) in [4.78, 5) is 33.9. The second kappa shape index (κ2) is 4.44. The van der Waals surface area contributed by atoms with Crippen molar-refractivity contribution in [3.05, 3.63) is 26.9 Å². The van der Waals surface area contributed by atoms with Crippen LogP contribution in [0.2, 0.25) is 0 Å². The maximum atomic E-state index is 11.5. The van der Waals surface area contributed by atoms with Gasteiger partial charge < -0.3 is 5.32 Å². The monoisotopic (exact) mass is 222 g/mol. The fraction of sp³-hybridized carbons (Fsp3) is 0.333. The molecule has 0 atom stereocenters. The van der Waals surface area contributed by atoms with Crippen molar-refractivity contribution in [3.8, 4) is 6.07 Å². The summed E-state index contributed by atoms with van der Waals surface area (Å²) in [5, 5.41) is 10.6. The van der Waals surface area contributed by atoms with E-state index in [1.165, 1.54) is 14.1 Å². The number of hydrogen-bond donors (Lipinski definition) is 1. The second-order valence-corrected chi connectivity index (χ2v) is 3.15. The molecule has 0 bridgehead atoms. The SMILES string of the molecule is Cn1c(NC(=O)CC#N)cc(=O)n(C)c1=O. The Bertz CT molecular complexity index is 576. The molecule has 1 amide bonds. The maximum absolute atomic E-state index is 11.5. The van der Waals surface area contributed by atoms with Crippen molar-refractivity contribution < 1.29 is 4.79 Å². The fourth-order valence-corrected chi connectivity index (χ4v) is 1.11. The largest absolute Gasteiger partial charge is 0.332 e. The van der Waals surface area contributed by atoms with Gasteiger partial charge in [-0.25, -0.2) is 4.79 Å². The van der Waals surface area contributed by atoms with Gasteiger partial charge in [-0.2, -0.15) is 5.26 Å². The van der Waals surface area contributed by atoms with E-state index in [9.17, 15) is 14.4 Å². The molecule has 0 radical (unpaired) electrons. The van der Waals surface area contributed by atoms with Gasteiger partial charge in [0, 0.05) is 20.2 Å². The van der Waals surface area contributed by atoms with E-state index in [1.54, 1.807) is 6.07 Å². The number of nitriles is 1. The Morgan fingerprint density at radius 3 is 2.62 bits per heavy atom. The molecule has 1 heterocycles. The van der Waals surface area contributed by atoms with Crippen LogP contribution < -0.4 is 16.6 Å². The fourth-order valence-electron chi connectivity index (χ4n) is 1.11. The van der Waals surface area contributed by atoms with Crippen molar-refractivity contribution in [1.82, 2.24) is 9.13 Å². The molecule has 1 aromatic rings. The first kappa shape index (κ1) is 11.7. The summed E-state index contributed by atoms with van der Waals surface area (Å²) >= 11 is 0. The number of rotatable bonds is 2. The molecule has 7 nitrogen and oxygen atoms in total. The van der Waals surface area contributed by atoms with Gasteiger partial charge in [-0.15, -0.1) is 0 Å². The number of aromatic nitrogens is 2. The predicted molar refractivity (Wildman–Crippen MR) is 55.8 cm³/mol. The van der Waals surface area contributed by atoms with Crippen LogP contribution in [0.5, 0.6) is 0 Å². The van der Waals surface area contributed by atoms with E-state index in [1.807, 2.05) is 0 Å². The van der Waals surface area contributed by atoms with E-state index in [4.69, 9.17) is 5.26 Å². The normalized spacial score (nSPS) is 9.56. The number of anilines is 1. The molecule has 7 heteroatoms. The Morgan fingerprint density at radius 1 is 1.44 bits per heavy atom. The topological polar surface area (TPSA) is 96.9 Å². The number of carbonyl (C=O) groups is 1. The summed E-state index contributed by atoms with van der Waals surface area (Å²) in [6, 6.07) is 2.79. The lowest BCUT2D eigenvalue weighted by molar-refractivity contribution is -0.115. The molecule has 0 saturated heterocycles. The van der Waals surface area contributed by atoms with Crippen LogP contribution >= 0.6 is 0 Å². The molecule has 0 aliphatic carbocycles. The highest BCUT2D eigenvalue weighted by atomic mass is 16.2. The lowest BCUT2D eigenvalue weighted by Crippen LogP contribution is -2.38. The van der Waals surface area contributed by atoms with Crippen molar-refractivity contribution in [2.75, 3.05) is 5.32 Å². The Balaban J connectivity index is 3.18. The molecule has 16 heavy (non-hydrogen) atoms. The van der Waals surface area contributed by atoms with Crippen molar-refractivity contribution in [2.45, 2.75) is 6.42 Å². The van der Waals surface area contributed by atoms with E-state index < -0.39 is 17.2 Å². The molecule has 0 aliphatic rings. The van der Waals surface area contributed by atoms with Gasteiger partial charge >= 0.3 is 5.69 Å². The molecule has 1 aromatic heterocycles. The van der Waals surface area contributed by atoms with Gasteiger partial charge in [0.2, 0.25) is 5.91 Å². The number of nitrogens with one attached hydrogen (secondary N) is 1. The number of nitrogens with zero attached hydrogens (tertiary/aromatic N) is 3. The lowest BCUT2D eigenvalue weighted by atomic mass is 10.4. The van der Waals surface area contributed by atoms with Gasteiger partial charge in [0.05, 0.1) is 6.07 Å². The van der Waals surface area contributed by atoms with E-state index in [2.05, 4.69) is 5.32 Å². The summed E-state index contributed by atoms with van der Waals surface area (Å²) in [6.45, 7) is 0. The highest BCUT2D eigenvalue weighted by Gasteiger charge is 2.08. The Hall–Kier alpha value is -2.36. The summed E-state index contributed by atoms with van der Waals surface area (Å²) in [6.07, 6.45) is -0.330. The Labute approximate surface area is 90.5 Å². The van der Waals surface area contributed by atoms with Crippen LogP contribution in [0.4, 0.5) is 5.82 Å². The molecule has 0 fully saturated rings. The predicted octanol–water partition coefficient (Wildman–Crippen LogP) is -1.06. The van der Waals surface area contributed by atoms with Crippen molar-refractivity contribution in [2.24, 2.45) is 14.1 Å². The molecule has 1 N–H and O–H groups in total. The van der Waals surface area contributed by atoms with E-state index in [-0.39, 0.29) is 12.2 Å². The van der Waals surface area contributed by atoms with Gasteiger partial charge in [-0.1, -0.05) is 0 Å². The minimum absolute atomic E-state index is 0.0772. The number of carbonyl (C=O) groups excluding carboxylic acids is 1. The average Bonchev–Trinajstić information content (AvgIpc) is 2.23. The molecule has 1 rings (SSSR count). The second-order valence-electron chi connectivity index (χ2n) is 3.15. The molecular formula is C9H10N4O3. The molecular weight excluding hydrogens is 212 g/mol. The standard InChI is InChI=1S/C9H10N4O3/c1-12-6(11-7(14)3-4-10)5-8(15)13(2)9(12)16/h5H,3H2,1-2H3,(H,11,14). The lowest BCUT2D eigenvalue weighted by Gasteiger charge is -2.09. The number of hydrogen-bond acceptors (Lipinski definition) is 4. The van der Waals surface area contributed by atoms with Crippen molar-refractivity contribution in [3.63, 3.8) is 0 Å². The molecule has 0 unspecified atom stereocenters. The van der Waals surface area contributed by atoms with Crippen LogP contribution in [-0.4, -0.2) is 15.0 Å².